The molecule has 0 aromatic rings. The second-order valence-corrected chi connectivity index (χ2v) is 15.2. The Balaban J connectivity index is 4.50. The second kappa shape index (κ2) is 44.7. The zero-order chi connectivity index (χ0) is 43.9. The molecule has 0 saturated carbocycles. The molecule has 0 aromatic heterocycles. The highest BCUT2D eigenvalue weighted by atomic mass is 31.2. The van der Waals surface area contributed by atoms with Crippen LogP contribution in [0.25, 0.3) is 0 Å². The monoisotopic (exact) mass is 852 g/mol. The third-order valence-electron chi connectivity index (χ3n) is 8.28. The van der Waals surface area contributed by atoms with E-state index in [0.717, 1.165) is 64.2 Å². The largest absolute Gasteiger partial charge is 0.472 e. The summed E-state index contributed by atoms with van der Waals surface area (Å²) in [5, 5.41) is 2.81. The Morgan fingerprint density at radius 3 is 1.35 bits per heavy atom. The summed E-state index contributed by atoms with van der Waals surface area (Å²) in [4.78, 5) is 35.0. The van der Waals surface area contributed by atoms with Crippen molar-refractivity contribution in [1.29, 1.82) is 0 Å². The third kappa shape index (κ3) is 43.7. The molecule has 0 bridgehead atoms. The predicted molar refractivity (Wildman–Crippen MR) is 251 cm³/mol. The van der Waals surface area contributed by atoms with Gasteiger partial charge in [0.25, 0.3) is 0 Å². The molecule has 60 heavy (non-hydrogen) atoms. The number of allylic oxidation sites excluding steroid dienone is 22. The number of unbranched alkanes of at least 4 members (excludes halogenated alkanes) is 3. The minimum Gasteiger partial charge on any atom is -0.462 e. The Labute approximate surface area is 364 Å². The van der Waals surface area contributed by atoms with E-state index in [1.165, 1.54) is 25.7 Å². The molecule has 2 unspecified atom stereocenters. The first-order chi connectivity index (χ1) is 29.3. The van der Waals surface area contributed by atoms with Crippen molar-refractivity contribution in [2.45, 2.75) is 136 Å². The van der Waals surface area contributed by atoms with Gasteiger partial charge in [-0.15, -0.1) is 0 Å². The summed E-state index contributed by atoms with van der Waals surface area (Å²) in [5.74, 6) is -1.02. The molecule has 0 rings (SSSR count). The predicted octanol–water partition coefficient (Wildman–Crippen LogP) is 13.0. The lowest BCUT2D eigenvalue weighted by molar-refractivity contribution is -0.161. The lowest BCUT2D eigenvalue weighted by atomic mass is 10.2. The molecule has 9 nitrogen and oxygen atoms in total. The molecule has 0 spiro atoms. The van der Waals surface area contributed by atoms with Gasteiger partial charge in [-0.1, -0.05) is 160 Å². The molecule has 0 aliphatic rings. The normalized spacial score (nSPS) is 14.5. The lowest BCUT2D eigenvalue weighted by Gasteiger charge is -2.19. The van der Waals surface area contributed by atoms with Gasteiger partial charge >= 0.3 is 19.8 Å². The van der Waals surface area contributed by atoms with Gasteiger partial charge in [0.1, 0.15) is 6.61 Å². The van der Waals surface area contributed by atoms with Crippen LogP contribution in [-0.2, 0) is 32.7 Å². The van der Waals surface area contributed by atoms with Crippen LogP contribution in [0.5, 0.6) is 0 Å². The second-order valence-electron chi connectivity index (χ2n) is 13.8. The van der Waals surface area contributed by atoms with Gasteiger partial charge in [0.15, 0.2) is 6.10 Å². The number of phosphoric ester groups is 1. The van der Waals surface area contributed by atoms with Crippen LogP contribution in [0, 0.1) is 0 Å². The molecule has 10 heteroatoms. The minimum atomic E-state index is -4.40. The van der Waals surface area contributed by atoms with Crippen molar-refractivity contribution >= 4 is 19.8 Å². The van der Waals surface area contributed by atoms with E-state index in [9.17, 15) is 19.0 Å². The zero-order valence-corrected chi connectivity index (χ0v) is 38.0. The maximum Gasteiger partial charge on any atom is 0.472 e. The molecule has 0 amide bonds. The van der Waals surface area contributed by atoms with Crippen molar-refractivity contribution in [3.8, 4) is 0 Å². The Bertz CT molecular complexity index is 1430. The SMILES string of the molecule is CC/C=C\C/C=C\C/C=C\C/C=C\C/C=C\C/C=C\CCC(=O)OC(COC(=O)CC/C=C\C/C=C\C/C=C\C/C=C\C/C=C\CCCCC)COP(=O)(O)OCCNC. The molecule has 0 aromatic carbocycles. The van der Waals surface area contributed by atoms with Crippen LogP contribution < -0.4 is 5.32 Å². The number of carbonyl (C=O) groups is 2. The standard InChI is InChI=1S/C50H78NO8P/c1-4-6-8-10-12-14-16-18-20-22-24-26-28-30-32-34-36-38-40-42-49(52)56-46-48(47-58-60(54,55)57-45-44-51-3)59-50(53)43-41-39-37-35-33-31-29-27-25-23-21-19-17-15-13-11-9-7-5-2/h7,9,12-15,18-21,24-27,30-33,36-39,48,51H,4-6,8,10-11,16-17,22-23,28-29,34-35,40-47H2,1-3H3,(H,54,55)/b9-7-,14-12-,15-13-,20-18-,21-19-,26-24-,27-25-,32-30-,33-31-,38-36-,39-37-. The summed E-state index contributed by atoms with van der Waals surface area (Å²) in [7, 11) is -2.72. The molecule has 0 aliphatic heterocycles. The van der Waals surface area contributed by atoms with Crippen molar-refractivity contribution in [3.05, 3.63) is 134 Å². The Hall–Kier alpha value is -3.85. The van der Waals surface area contributed by atoms with Gasteiger partial charge in [0.05, 0.1) is 13.2 Å². The Morgan fingerprint density at radius 1 is 0.533 bits per heavy atom. The number of hydrogen-bond acceptors (Lipinski definition) is 8. The molecule has 336 valence electrons. The number of rotatable bonds is 39. The molecule has 2 N–H and O–H groups in total. The van der Waals surface area contributed by atoms with Gasteiger partial charge in [-0.2, -0.15) is 0 Å². The smallest absolute Gasteiger partial charge is 0.462 e. The fourth-order valence-corrected chi connectivity index (χ4v) is 5.72. The summed E-state index contributed by atoms with van der Waals surface area (Å²) >= 11 is 0. The summed E-state index contributed by atoms with van der Waals surface area (Å²) < 4.78 is 33.0. The van der Waals surface area contributed by atoms with Crippen molar-refractivity contribution in [2.24, 2.45) is 0 Å². The van der Waals surface area contributed by atoms with Crippen LogP contribution in [-0.4, -0.2) is 56.3 Å². The van der Waals surface area contributed by atoms with E-state index >= 15 is 0 Å². The topological polar surface area (TPSA) is 120 Å². The van der Waals surface area contributed by atoms with E-state index in [2.05, 4.69) is 129 Å². The van der Waals surface area contributed by atoms with Gasteiger partial charge in [0.2, 0.25) is 0 Å². The summed E-state index contributed by atoms with van der Waals surface area (Å²) in [5.41, 5.74) is 0. The Morgan fingerprint density at radius 2 is 0.933 bits per heavy atom. The fraction of sp³-hybridized carbons (Fsp3) is 0.520. The quantitative estimate of drug-likeness (QED) is 0.0269. The number of nitrogens with one attached hydrogen (secondary N) is 1. The molecular weight excluding hydrogens is 774 g/mol. The fourth-order valence-electron chi connectivity index (χ4n) is 4.97. The average molecular weight is 852 g/mol. The first-order valence-electron chi connectivity index (χ1n) is 22.1. The van der Waals surface area contributed by atoms with E-state index in [-0.39, 0.29) is 26.1 Å². The van der Waals surface area contributed by atoms with E-state index in [4.69, 9.17) is 18.5 Å². The molecule has 0 saturated heterocycles. The molecule has 0 radical (unpaired) electrons. The first-order valence-corrected chi connectivity index (χ1v) is 23.6. The van der Waals surface area contributed by atoms with Gasteiger partial charge in [-0.3, -0.25) is 18.6 Å². The van der Waals surface area contributed by atoms with Crippen LogP contribution in [0.4, 0.5) is 0 Å². The summed E-state index contributed by atoms with van der Waals surface area (Å²) in [6.07, 6.45) is 61.0. The van der Waals surface area contributed by atoms with Crippen molar-refractivity contribution in [2.75, 3.05) is 33.4 Å². The molecule has 2 atom stereocenters. The van der Waals surface area contributed by atoms with Crippen LogP contribution in [0.2, 0.25) is 0 Å². The van der Waals surface area contributed by atoms with E-state index in [0.29, 0.717) is 19.4 Å². The number of hydrogen-bond donors (Lipinski definition) is 2. The minimum absolute atomic E-state index is 0.0500. The van der Waals surface area contributed by atoms with E-state index in [1.807, 2.05) is 24.3 Å². The number of carbonyl (C=O) groups excluding carboxylic acids is 2. The highest BCUT2D eigenvalue weighted by Crippen LogP contribution is 2.43. The highest BCUT2D eigenvalue weighted by Gasteiger charge is 2.26. The van der Waals surface area contributed by atoms with Gasteiger partial charge in [-0.25, -0.2) is 4.57 Å². The van der Waals surface area contributed by atoms with Crippen LogP contribution in [0.1, 0.15) is 129 Å². The number of ether oxygens (including phenoxy) is 2. The van der Waals surface area contributed by atoms with Crippen LogP contribution in [0.3, 0.4) is 0 Å². The number of phosphoric acid groups is 1. The number of likely N-dealkylation sites (N-methyl/N-ethyl adjacent to an activating group) is 1. The third-order valence-corrected chi connectivity index (χ3v) is 9.27. The molecule has 0 fully saturated rings. The average Bonchev–Trinajstić information content (AvgIpc) is 3.23. The molecular formula is C50H78NO8P. The van der Waals surface area contributed by atoms with Crippen molar-refractivity contribution in [3.63, 3.8) is 0 Å². The first kappa shape index (κ1) is 56.1. The number of esters is 2. The molecule has 0 aliphatic carbocycles. The summed E-state index contributed by atoms with van der Waals surface area (Å²) in [6, 6.07) is 0. The highest BCUT2D eigenvalue weighted by molar-refractivity contribution is 7.47. The van der Waals surface area contributed by atoms with Gasteiger partial charge in [-0.05, 0) is 96.9 Å². The van der Waals surface area contributed by atoms with Crippen LogP contribution in [0.15, 0.2) is 134 Å². The maximum atomic E-state index is 12.6. The van der Waals surface area contributed by atoms with Crippen molar-refractivity contribution in [1.82, 2.24) is 5.32 Å². The molecule has 0 heterocycles. The van der Waals surface area contributed by atoms with E-state index < -0.39 is 32.5 Å². The summed E-state index contributed by atoms with van der Waals surface area (Å²) in [6.45, 7) is 3.87. The zero-order valence-electron chi connectivity index (χ0n) is 37.1. The Kier molecular flexibility index (Phi) is 41.8. The van der Waals surface area contributed by atoms with Gasteiger partial charge < -0.3 is 19.7 Å². The van der Waals surface area contributed by atoms with Gasteiger partial charge in [0, 0.05) is 19.4 Å². The lowest BCUT2D eigenvalue weighted by Crippen LogP contribution is -2.29. The van der Waals surface area contributed by atoms with Crippen LogP contribution >= 0.6 is 7.82 Å². The van der Waals surface area contributed by atoms with E-state index in [1.54, 1.807) is 7.05 Å². The maximum absolute atomic E-state index is 12.6. The van der Waals surface area contributed by atoms with Crippen molar-refractivity contribution < 1.29 is 37.6 Å².